The Bertz CT molecular complexity index is 734. The number of hydrogen-bond donors (Lipinski definition) is 1. The fraction of sp³-hybridized carbons (Fsp3) is 0.524. The fourth-order valence-corrected chi connectivity index (χ4v) is 3.59. The summed E-state index contributed by atoms with van der Waals surface area (Å²) < 4.78 is 15.6. The first-order valence-corrected chi connectivity index (χ1v) is 9.84. The van der Waals surface area contributed by atoms with E-state index in [0.717, 1.165) is 19.3 Å². The van der Waals surface area contributed by atoms with E-state index in [1.807, 2.05) is 0 Å². The summed E-state index contributed by atoms with van der Waals surface area (Å²) in [6.45, 7) is 3.71. The topological polar surface area (TPSA) is 73.9 Å². The van der Waals surface area contributed by atoms with Crippen molar-refractivity contribution in [3.63, 3.8) is 0 Å². The molecular formula is C21H28ClNO5. The van der Waals surface area contributed by atoms with E-state index < -0.39 is 12.1 Å². The van der Waals surface area contributed by atoms with E-state index in [9.17, 15) is 9.59 Å². The minimum atomic E-state index is -0.861. The summed E-state index contributed by atoms with van der Waals surface area (Å²) in [6.07, 6.45) is 6.32. The van der Waals surface area contributed by atoms with Crippen LogP contribution in [0.2, 0.25) is 5.02 Å². The van der Waals surface area contributed by atoms with Crippen LogP contribution in [0.1, 0.15) is 45.1 Å². The molecule has 0 aromatic heterocycles. The van der Waals surface area contributed by atoms with Gasteiger partial charge in [-0.15, -0.1) is 0 Å². The molecule has 1 N–H and O–H groups in total. The Labute approximate surface area is 171 Å². The number of rotatable bonds is 7. The van der Waals surface area contributed by atoms with Crippen LogP contribution in [0.3, 0.4) is 0 Å². The standard InChI is InChI=1S/C21H28ClNO5/c1-13-7-5-6-8-17(13)23-21(25)14(2)28-19(24)10-9-15-11-16(22)20(27-4)18(12-15)26-3/h9-14,17H,5-8H2,1-4H3,(H,23,25)/b10-9+. The Hall–Kier alpha value is -2.21. The summed E-state index contributed by atoms with van der Waals surface area (Å²) >= 11 is 6.15. The number of carbonyl (C=O) groups excluding carboxylic acids is 2. The first kappa shape index (κ1) is 22.1. The molecule has 0 radical (unpaired) electrons. The zero-order chi connectivity index (χ0) is 20.7. The van der Waals surface area contributed by atoms with Gasteiger partial charge >= 0.3 is 5.97 Å². The zero-order valence-corrected chi connectivity index (χ0v) is 17.5. The molecule has 1 aliphatic carbocycles. The van der Waals surface area contributed by atoms with Crippen molar-refractivity contribution in [1.82, 2.24) is 5.32 Å². The highest BCUT2D eigenvalue weighted by molar-refractivity contribution is 6.32. The molecule has 1 aliphatic rings. The Morgan fingerprint density at radius 3 is 2.57 bits per heavy atom. The van der Waals surface area contributed by atoms with Crippen molar-refractivity contribution >= 4 is 29.6 Å². The van der Waals surface area contributed by atoms with Crippen LogP contribution >= 0.6 is 11.6 Å². The number of carbonyl (C=O) groups is 2. The molecule has 3 unspecified atom stereocenters. The molecule has 0 heterocycles. The summed E-state index contributed by atoms with van der Waals surface area (Å²) in [5, 5.41) is 3.36. The lowest BCUT2D eigenvalue weighted by Crippen LogP contribution is -2.45. The minimum Gasteiger partial charge on any atom is -0.493 e. The van der Waals surface area contributed by atoms with Crippen molar-refractivity contribution in [2.75, 3.05) is 14.2 Å². The largest absolute Gasteiger partial charge is 0.493 e. The van der Waals surface area contributed by atoms with E-state index in [0.29, 0.717) is 28.0 Å². The molecule has 154 valence electrons. The summed E-state index contributed by atoms with van der Waals surface area (Å²) in [5.74, 6) is 0.443. The van der Waals surface area contributed by atoms with E-state index >= 15 is 0 Å². The highest BCUT2D eigenvalue weighted by atomic mass is 35.5. The Kier molecular flexibility index (Phi) is 8.18. The van der Waals surface area contributed by atoms with E-state index in [2.05, 4.69) is 12.2 Å². The van der Waals surface area contributed by atoms with Gasteiger partial charge in [0.15, 0.2) is 17.6 Å². The quantitative estimate of drug-likeness (QED) is 0.544. The number of benzene rings is 1. The fourth-order valence-electron chi connectivity index (χ4n) is 3.30. The predicted molar refractivity (Wildman–Crippen MR) is 109 cm³/mol. The van der Waals surface area contributed by atoms with Gasteiger partial charge in [0, 0.05) is 12.1 Å². The first-order chi connectivity index (χ1) is 13.3. The van der Waals surface area contributed by atoms with Crippen LogP contribution in [0.5, 0.6) is 11.5 Å². The lowest BCUT2D eigenvalue weighted by Gasteiger charge is -2.30. The lowest BCUT2D eigenvalue weighted by molar-refractivity contribution is -0.150. The van der Waals surface area contributed by atoms with Crippen LogP contribution in [0.4, 0.5) is 0 Å². The van der Waals surface area contributed by atoms with E-state index in [1.54, 1.807) is 25.1 Å². The van der Waals surface area contributed by atoms with Crippen LogP contribution in [0.25, 0.3) is 6.08 Å². The monoisotopic (exact) mass is 409 g/mol. The first-order valence-electron chi connectivity index (χ1n) is 9.46. The molecule has 1 fully saturated rings. The van der Waals surface area contributed by atoms with Crippen molar-refractivity contribution in [3.8, 4) is 11.5 Å². The Morgan fingerprint density at radius 2 is 1.93 bits per heavy atom. The van der Waals surface area contributed by atoms with Crippen molar-refractivity contribution in [2.45, 2.75) is 51.7 Å². The molecule has 28 heavy (non-hydrogen) atoms. The maximum absolute atomic E-state index is 12.3. The van der Waals surface area contributed by atoms with Crippen LogP contribution in [0.15, 0.2) is 18.2 Å². The molecule has 1 aromatic rings. The van der Waals surface area contributed by atoms with Crippen molar-refractivity contribution in [2.24, 2.45) is 5.92 Å². The second-order valence-electron chi connectivity index (χ2n) is 7.03. The molecule has 1 amide bonds. The van der Waals surface area contributed by atoms with Crippen molar-refractivity contribution < 1.29 is 23.8 Å². The number of esters is 1. The molecule has 2 rings (SSSR count). The van der Waals surface area contributed by atoms with Crippen LogP contribution < -0.4 is 14.8 Å². The number of nitrogens with one attached hydrogen (secondary N) is 1. The number of amides is 1. The third-order valence-electron chi connectivity index (χ3n) is 4.97. The molecule has 0 saturated heterocycles. The lowest BCUT2D eigenvalue weighted by atomic mass is 9.86. The van der Waals surface area contributed by atoms with Crippen molar-refractivity contribution in [1.29, 1.82) is 0 Å². The van der Waals surface area contributed by atoms with E-state index in [1.165, 1.54) is 26.7 Å². The third-order valence-corrected chi connectivity index (χ3v) is 5.25. The van der Waals surface area contributed by atoms with Crippen LogP contribution in [-0.4, -0.2) is 38.2 Å². The summed E-state index contributed by atoms with van der Waals surface area (Å²) in [6, 6.07) is 3.48. The number of hydrogen-bond acceptors (Lipinski definition) is 5. The average molecular weight is 410 g/mol. The Morgan fingerprint density at radius 1 is 1.21 bits per heavy atom. The number of halogens is 1. The number of methoxy groups -OCH3 is 2. The van der Waals surface area contributed by atoms with Gasteiger partial charge in [0.2, 0.25) is 0 Å². The molecule has 1 aromatic carbocycles. The van der Waals surface area contributed by atoms with Gasteiger partial charge in [-0.1, -0.05) is 31.4 Å². The van der Waals surface area contributed by atoms with Gasteiger partial charge in [-0.05, 0) is 49.5 Å². The molecule has 7 heteroatoms. The van der Waals surface area contributed by atoms with Gasteiger partial charge in [-0.2, -0.15) is 0 Å². The molecule has 1 saturated carbocycles. The summed E-state index contributed by atoms with van der Waals surface area (Å²) in [7, 11) is 3.00. The molecular weight excluding hydrogens is 382 g/mol. The van der Waals surface area contributed by atoms with Crippen LogP contribution in [-0.2, 0) is 14.3 Å². The van der Waals surface area contributed by atoms with Gasteiger partial charge in [0.05, 0.1) is 19.2 Å². The van der Waals surface area contributed by atoms with Gasteiger partial charge in [0.1, 0.15) is 0 Å². The maximum atomic E-state index is 12.3. The van der Waals surface area contributed by atoms with E-state index in [-0.39, 0.29) is 11.9 Å². The summed E-state index contributed by atoms with van der Waals surface area (Å²) in [5.41, 5.74) is 0.646. The average Bonchev–Trinajstić information content (AvgIpc) is 2.67. The van der Waals surface area contributed by atoms with Crippen LogP contribution in [0, 0.1) is 5.92 Å². The zero-order valence-electron chi connectivity index (χ0n) is 16.8. The second-order valence-corrected chi connectivity index (χ2v) is 7.43. The molecule has 6 nitrogen and oxygen atoms in total. The van der Waals surface area contributed by atoms with Gasteiger partial charge in [0.25, 0.3) is 5.91 Å². The third kappa shape index (κ3) is 5.89. The van der Waals surface area contributed by atoms with Gasteiger partial charge in [-0.3, -0.25) is 4.79 Å². The second kappa shape index (κ2) is 10.4. The molecule has 0 aliphatic heterocycles. The summed E-state index contributed by atoms with van der Waals surface area (Å²) in [4.78, 5) is 24.4. The Balaban J connectivity index is 1.93. The van der Waals surface area contributed by atoms with Gasteiger partial charge in [-0.25, -0.2) is 4.79 Å². The minimum absolute atomic E-state index is 0.145. The highest BCUT2D eigenvalue weighted by Gasteiger charge is 2.26. The SMILES string of the molecule is COc1cc(/C=C/C(=O)OC(C)C(=O)NC2CCCCC2C)cc(Cl)c1OC. The predicted octanol–water partition coefficient (Wildman–Crippen LogP) is 4.00. The van der Waals surface area contributed by atoms with E-state index in [4.69, 9.17) is 25.8 Å². The molecule has 3 atom stereocenters. The molecule has 0 spiro atoms. The van der Waals surface area contributed by atoms with Gasteiger partial charge < -0.3 is 19.5 Å². The highest BCUT2D eigenvalue weighted by Crippen LogP contribution is 2.36. The van der Waals surface area contributed by atoms with Crippen molar-refractivity contribution in [3.05, 3.63) is 28.8 Å². The normalized spacial score (nSPS) is 20.5. The molecule has 0 bridgehead atoms. The maximum Gasteiger partial charge on any atom is 0.331 e. The smallest absolute Gasteiger partial charge is 0.331 e. The number of ether oxygens (including phenoxy) is 3.